The Kier molecular flexibility index (Phi) is 7.03. The largest absolute Gasteiger partial charge is 0.385 e. The van der Waals surface area contributed by atoms with Crippen molar-refractivity contribution in [2.45, 2.75) is 13.3 Å². The van der Waals surface area contributed by atoms with Crippen LogP contribution in [0, 0.1) is 6.92 Å². The van der Waals surface area contributed by atoms with Crippen LogP contribution in [0.15, 0.2) is 66.7 Å². The molecule has 178 valence electrons. The standard InChI is InChI=1S/C27H25N3O5/c1-17-7-3-4-10-23(17)29-25(32)18-8-5-9-20(15-18)28-24(31)19-11-12-21-22(16-19)27(34)30(26(21)33)13-6-14-35-2/h3-5,7-12,15-16H,6,13-14H2,1-2H3,(H,28,31)(H,29,32). The van der Waals surface area contributed by atoms with Gasteiger partial charge < -0.3 is 15.4 Å². The zero-order chi connectivity index (χ0) is 24.9. The lowest BCUT2D eigenvalue weighted by Gasteiger charge is -2.12. The number of hydrogen-bond donors (Lipinski definition) is 2. The summed E-state index contributed by atoms with van der Waals surface area (Å²) in [6.07, 6.45) is 0.531. The number of benzene rings is 3. The van der Waals surface area contributed by atoms with E-state index in [0.29, 0.717) is 30.0 Å². The molecule has 3 aromatic carbocycles. The van der Waals surface area contributed by atoms with Crippen LogP contribution in [0.25, 0.3) is 0 Å². The van der Waals surface area contributed by atoms with Crippen molar-refractivity contribution in [3.05, 3.63) is 94.5 Å². The molecule has 4 amide bonds. The lowest BCUT2D eigenvalue weighted by Crippen LogP contribution is -2.31. The maximum Gasteiger partial charge on any atom is 0.261 e. The number of nitrogens with one attached hydrogen (secondary N) is 2. The van der Waals surface area contributed by atoms with E-state index in [0.717, 1.165) is 5.56 Å². The second-order valence-electron chi connectivity index (χ2n) is 8.17. The van der Waals surface area contributed by atoms with Gasteiger partial charge in [0.2, 0.25) is 0 Å². The first-order valence-corrected chi connectivity index (χ1v) is 11.2. The first-order valence-electron chi connectivity index (χ1n) is 11.2. The molecule has 1 heterocycles. The summed E-state index contributed by atoms with van der Waals surface area (Å²) in [5.41, 5.74) is 3.17. The minimum atomic E-state index is -0.456. The van der Waals surface area contributed by atoms with Crippen LogP contribution >= 0.6 is 0 Å². The summed E-state index contributed by atoms with van der Waals surface area (Å²) in [4.78, 5) is 52.0. The number of amides is 4. The Labute approximate surface area is 202 Å². The van der Waals surface area contributed by atoms with Crippen LogP contribution in [-0.2, 0) is 4.74 Å². The van der Waals surface area contributed by atoms with Crippen LogP contribution in [0.3, 0.4) is 0 Å². The highest BCUT2D eigenvalue weighted by molar-refractivity contribution is 6.22. The summed E-state index contributed by atoms with van der Waals surface area (Å²) < 4.78 is 4.99. The van der Waals surface area contributed by atoms with Crippen LogP contribution in [0.5, 0.6) is 0 Å². The van der Waals surface area contributed by atoms with Crippen molar-refractivity contribution < 1.29 is 23.9 Å². The average molecular weight is 472 g/mol. The summed E-state index contributed by atoms with van der Waals surface area (Å²) in [5.74, 6) is -1.56. The highest BCUT2D eigenvalue weighted by Gasteiger charge is 2.35. The van der Waals surface area contributed by atoms with E-state index in [2.05, 4.69) is 10.6 Å². The Morgan fingerprint density at radius 2 is 1.54 bits per heavy atom. The Bertz CT molecular complexity index is 1320. The third-order valence-electron chi connectivity index (χ3n) is 5.74. The second kappa shape index (κ2) is 10.3. The third-order valence-corrected chi connectivity index (χ3v) is 5.74. The molecule has 0 fully saturated rings. The van der Waals surface area contributed by atoms with Gasteiger partial charge in [-0.05, 0) is 61.4 Å². The van der Waals surface area contributed by atoms with E-state index in [9.17, 15) is 19.2 Å². The Morgan fingerprint density at radius 1 is 0.829 bits per heavy atom. The van der Waals surface area contributed by atoms with Gasteiger partial charge in [0.25, 0.3) is 23.6 Å². The molecule has 0 spiro atoms. The van der Waals surface area contributed by atoms with Crippen LogP contribution in [-0.4, -0.2) is 48.8 Å². The Morgan fingerprint density at radius 3 is 2.31 bits per heavy atom. The molecule has 35 heavy (non-hydrogen) atoms. The molecule has 0 unspecified atom stereocenters. The second-order valence-corrected chi connectivity index (χ2v) is 8.17. The van der Waals surface area contributed by atoms with Crippen LogP contribution in [0.4, 0.5) is 11.4 Å². The maximum atomic E-state index is 12.9. The van der Waals surface area contributed by atoms with Crippen molar-refractivity contribution in [3.8, 4) is 0 Å². The third kappa shape index (κ3) is 5.12. The van der Waals surface area contributed by atoms with Gasteiger partial charge in [-0.3, -0.25) is 24.1 Å². The van der Waals surface area contributed by atoms with E-state index in [1.807, 2.05) is 31.2 Å². The number of para-hydroxylation sites is 1. The first kappa shape index (κ1) is 23.8. The fraction of sp³-hybridized carbons (Fsp3) is 0.185. The molecule has 3 aromatic rings. The van der Waals surface area contributed by atoms with E-state index in [-0.39, 0.29) is 35.0 Å². The number of fused-ring (bicyclic) bond motifs is 1. The van der Waals surface area contributed by atoms with Gasteiger partial charge in [0.05, 0.1) is 11.1 Å². The van der Waals surface area contributed by atoms with Crippen molar-refractivity contribution in [1.82, 2.24) is 4.90 Å². The van der Waals surface area contributed by atoms with Gasteiger partial charge in [-0.2, -0.15) is 0 Å². The number of anilines is 2. The number of nitrogens with zero attached hydrogens (tertiary/aromatic N) is 1. The van der Waals surface area contributed by atoms with Gasteiger partial charge in [-0.25, -0.2) is 0 Å². The van der Waals surface area contributed by atoms with Crippen LogP contribution < -0.4 is 10.6 Å². The summed E-state index contributed by atoms with van der Waals surface area (Å²) in [7, 11) is 1.56. The highest BCUT2D eigenvalue weighted by Crippen LogP contribution is 2.25. The summed E-state index contributed by atoms with van der Waals surface area (Å²) >= 11 is 0. The van der Waals surface area contributed by atoms with Gasteiger partial charge >= 0.3 is 0 Å². The normalized spacial score (nSPS) is 12.5. The molecule has 1 aliphatic rings. The van der Waals surface area contributed by atoms with Crippen LogP contribution in [0.1, 0.15) is 53.4 Å². The first-order chi connectivity index (χ1) is 16.9. The molecule has 0 atom stereocenters. The molecule has 0 radical (unpaired) electrons. The number of imide groups is 1. The Balaban J connectivity index is 1.47. The average Bonchev–Trinajstić information content (AvgIpc) is 3.10. The van der Waals surface area contributed by atoms with Gasteiger partial charge in [0.15, 0.2) is 0 Å². The van der Waals surface area contributed by atoms with Gasteiger partial charge in [-0.1, -0.05) is 24.3 Å². The molecular weight excluding hydrogens is 446 g/mol. The monoisotopic (exact) mass is 471 g/mol. The zero-order valence-electron chi connectivity index (χ0n) is 19.5. The number of rotatable bonds is 8. The van der Waals surface area contributed by atoms with Crippen molar-refractivity contribution in [2.75, 3.05) is 30.9 Å². The number of carbonyl (C=O) groups excluding carboxylic acids is 4. The summed E-state index contributed by atoms with van der Waals surface area (Å²) in [6, 6.07) is 18.4. The predicted molar refractivity (Wildman–Crippen MR) is 132 cm³/mol. The molecule has 0 aliphatic carbocycles. The van der Waals surface area contributed by atoms with Crippen molar-refractivity contribution >= 4 is 35.0 Å². The van der Waals surface area contributed by atoms with E-state index in [1.165, 1.54) is 23.1 Å². The zero-order valence-corrected chi connectivity index (χ0v) is 19.5. The number of aryl methyl sites for hydroxylation is 1. The minimum Gasteiger partial charge on any atom is -0.385 e. The minimum absolute atomic E-state index is 0.200. The van der Waals surface area contributed by atoms with Crippen molar-refractivity contribution in [2.24, 2.45) is 0 Å². The van der Waals surface area contributed by atoms with Gasteiger partial charge in [-0.15, -0.1) is 0 Å². The number of hydrogen-bond acceptors (Lipinski definition) is 5. The van der Waals surface area contributed by atoms with E-state index >= 15 is 0 Å². The fourth-order valence-electron chi connectivity index (χ4n) is 3.85. The SMILES string of the molecule is COCCCN1C(=O)c2ccc(C(=O)Nc3cccc(C(=O)Nc4ccccc4C)c3)cc2C1=O. The molecule has 0 bridgehead atoms. The van der Waals surface area contributed by atoms with E-state index < -0.39 is 11.8 Å². The molecule has 2 N–H and O–H groups in total. The molecule has 8 heteroatoms. The summed E-state index contributed by atoms with van der Waals surface area (Å²) in [5, 5.41) is 5.62. The number of methoxy groups -OCH3 is 1. The molecule has 0 saturated heterocycles. The summed E-state index contributed by atoms with van der Waals surface area (Å²) in [6.45, 7) is 2.59. The van der Waals surface area contributed by atoms with Crippen molar-refractivity contribution in [3.63, 3.8) is 0 Å². The Hall–Kier alpha value is -4.30. The maximum absolute atomic E-state index is 12.9. The number of ether oxygens (including phenoxy) is 1. The quantitative estimate of drug-likeness (QED) is 0.380. The van der Waals surface area contributed by atoms with Gasteiger partial charge in [0.1, 0.15) is 0 Å². The molecule has 1 aliphatic heterocycles. The molecule has 0 saturated carbocycles. The topological polar surface area (TPSA) is 105 Å². The molecule has 0 aromatic heterocycles. The number of carbonyl (C=O) groups is 4. The fourth-order valence-corrected chi connectivity index (χ4v) is 3.85. The van der Waals surface area contributed by atoms with E-state index in [1.54, 1.807) is 31.4 Å². The van der Waals surface area contributed by atoms with Crippen molar-refractivity contribution in [1.29, 1.82) is 0 Å². The molecular formula is C27H25N3O5. The lowest BCUT2D eigenvalue weighted by atomic mass is 10.1. The molecule has 8 nitrogen and oxygen atoms in total. The molecule has 4 rings (SSSR count). The predicted octanol–water partition coefficient (Wildman–Crippen LogP) is 4.13. The highest BCUT2D eigenvalue weighted by atomic mass is 16.5. The lowest BCUT2D eigenvalue weighted by molar-refractivity contribution is 0.0638. The smallest absolute Gasteiger partial charge is 0.261 e. The van der Waals surface area contributed by atoms with Gasteiger partial charge in [0, 0.05) is 42.8 Å². The van der Waals surface area contributed by atoms with Crippen LogP contribution in [0.2, 0.25) is 0 Å². The van der Waals surface area contributed by atoms with E-state index in [4.69, 9.17) is 4.74 Å².